The van der Waals surface area contributed by atoms with Crippen LogP contribution in [0, 0.1) is 0 Å². The van der Waals surface area contributed by atoms with Crippen molar-refractivity contribution < 1.29 is 33.8 Å². The van der Waals surface area contributed by atoms with Gasteiger partial charge in [-0.25, -0.2) is 0 Å². The highest BCUT2D eigenvalue weighted by atomic mass is 35.5. The minimum atomic E-state index is 0. The van der Waals surface area contributed by atoms with Gasteiger partial charge in [-0.1, -0.05) is 30.3 Å². The Labute approximate surface area is 151 Å². The molecule has 0 amide bonds. The maximum Gasteiger partial charge on any atom is 0.104 e. The summed E-state index contributed by atoms with van der Waals surface area (Å²) in [7, 11) is 6.60. The van der Waals surface area contributed by atoms with Gasteiger partial charge in [-0.15, -0.1) is 0 Å². The Balaban J connectivity index is -0.000000307. The Morgan fingerprint density at radius 3 is 1.27 bits per heavy atom. The molecule has 0 unspecified atom stereocenters. The van der Waals surface area contributed by atoms with Gasteiger partial charge in [-0.3, -0.25) is 0 Å². The predicted molar refractivity (Wildman–Crippen MR) is 90.6 cm³/mol. The van der Waals surface area contributed by atoms with E-state index in [0.29, 0.717) is 0 Å². The van der Waals surface area contributed by atoms with Crippen LogP contribution >= 0.6 is 0 Å². The van der Waals surface area contributed by atoms with E-state index in [9.17, 15) is 0 Å². The van der Waals surface area contributed by atoms with E-state index in [2.05, 4.69) is 79.2 Å². The van der Waals surface area contributed by atoms with Crippen LogP contribution in [0.5, 0.6) is 0 Å². The quantitative estimate of drug-likeness (QED) is 0.510. The highest BCUT2D eigenvalue weighted by Crippen LogP contribution is 2.05. The van der Waals surface area contributed by atoms with E-state index in [-0.39, 0.29) is 24.8 Å². The Morgan fingerprint density at radius 1 is 0.682 bits per heavy atom. The molecule has 22 heavy (non-hydrogen) atoms. The predicted octanol–water partition coefficient (Wildman–Crippen LogP) is -2.22. The van der Waals surface area contributed by atoms with Crippen LogP contribution in [0.2, 0.25) is 0 Å². The van der Waals surface area contributed by atoms with Crippen molar-refractivity contribution in [3.63, 3.8) is 0 Å². The molecule has 0 aliphatic carbocycles. The van der Waals surface area contributed by atoms with Gasteiger partial charge in [0.25, 0.3) is 0 Å². The first-order chi connectivity index (χ1) is 9.32. The van der Waals surface area contributed by atoms with Crippen LogP contribution in [-0.4, -0.2) is 56.3 Å². The summed E-state index contributed by atoms with van der Waals surface area (Å²) in [5, 5.41) is 0. The maximum absolute atomic E-state index is 2.27. The molecule has 0 spiro atoms. The molecule has 0 fully saturated rings. The molecule has 0 aliphatic rings. The SMILES string of the molecule is CC[N+](CC)(CC)CC.C[N+](C)(C)Cc1ccccc1.[Cl-].[Cl-]. The van der Waals surface area contributed by atoms with Gasteiger partial charge in [0, 0.05) is 5.56 Å². The van der Waals surface area contributed by atoms with E-state index < -0.39 is 0 Å². The van der Waals surface area contributed by atoms with Gasteiger partial charge in [0.1, 0.15) is 6.54 Å². The second-order valence-electron chi connectivity index (χ2n) is 6.54. The summed E-state index contributed by atoms with van der Waals surface area (Å²) >= 11 is 0. The number of quaternary nitrogens is 2. The minimum Gasteiger partial charge on any atom is -1.00 e. The lowest BCUT2D eigenvalue weighted by molar-refractivity contribution is -0.921. The van der Waals surface area contributed by atoms with Crippen molar-refractivity contribution in [1.29, 1.82) is 0 Å². The molecule has 1 aromatic carbocycles. The summed E-state index contributed by atoms with van der Waals surface area (Å²) in [5.41, 5.74) is 1.40. The molecule has 0 heterocycles. The smallest absolute Gasteiger partial charge is 0.104 e. The van der Waals surface area contributed by atoms with E-state index in [1.165, 1.54) is 36.2 Å². The van der Waals surface area contributed by atoms with Crippen LogP contribution in [0.25, 0.3) is 0 Å². The normalized spacial score (nSPS) is 10.7. The number of rotatable bonds is 6. The van der Waals surface area contributed by atoms with Gasteiger partial charge in [-0.05, 0) is 27.7 Å². The highest BCUT2D eigenvalue weighted by Gasteiger charge is 2.16. The summed E-state index contributed by atoms with van der Waals surface area (Å²) in [6.45, 7) is 15.3. The number of hydrogen-bond acceptors (Lipinski definition) is 0. The van der Waals surface area contributed by atoms with Crippen molar-refractivity contribution >= 4 is 0 Å². The van der Waals surface area contributed by atoms with Crippen molar-refractivity contribution in [2.75, 3.05) is 47.3 Å². The van der Waals surface area contributed by atoms with Crippen LogP contribution in [0.1, 0.15) is 33.3 Å². The molecule has 0 aromatic heterocycles. The van der Waals surface area contributed by atoms with Crippen LogP contribution in [0.15, 0.2) is 30.3 Å². The van der Waals surface area contributed by atoms with Crippen LogP contribution in [0.4, 0.5) is 0 Å². The molecule has 2 nitrogen and oxygen atoms in total. The number of halogens is 2. The molecular weight excluding hydrogens is 315 g/mol. The molecule has 132 valence electrons. The second-order valence-corrected chi connectivity index (χ2v) is 6.54. The zero-order chi connectivity index (χ0) is 15.6. The summed E-state index contributed by atoms with van der Waals surface area (Å²) in [4.78, 5) is 0. The lowest BCUT2D eigenvalue weighted by Gasteiger charge is -2.34. The third-order valence-electron chi connectivity index (χ3n) is 4.18. The van der Waals surface area contributed by atoms with Gasteiger partial charge < -0.3 is 33.8 Å². The molecule has 4 heteroatoms. The third-order valence-corrected chi connectivity index (χ3v) is 4.18. The van der Waals surface area contributed by atoms with Crippen molar-refractivity contribution in [3.05, 3.63) is 35.9 Å². The van der Waals surface area contributed by atoms with E-state index >= 15 is 0 Å². The zero-order valence-corrected chi connectivity index (χ0v) is 17.1. The molecule has 0 aliphatic heterocycles. The van der Waals surface area contributed by atoms with Crippen LogP contribution in [-0.2, 0) is 6.54 Å². The molecule has 1 rings (SSSR count). The maximum atomic E-state index is 2.27. The van der Waals surface area contributed by atoms with Gasteiger partial charge in [0.05, 0.1) is 47.3 Å². The van der Waals surface area contributed by atoms with E-state index in [4.69, 9.17) is 0 Å². The van der Waals surface area contributed by atoms with Gasteiger partial charge >= 0.3 is 0 Å². The van der Waals surface area contributed by atoms with Crippen molar-refractivity contribution in [2.45, 2.75) is 34.2 Å². The third kappa shape index (κ3) is 11.3. The molecule has 0 atom stereocenters. The first-order valence-corrected chi connectivity index (χ1v) is 8.02. The summed E-state index contributed by atoms with van der Waals surface area (Å²) < 4.78 is 2.27. The lowest BCUT2D eigenvalue weighted by atomic mass is 10.2. The first-order valence-electron chi connectivity index (χ1n) is 8.02. The largest absolute Gasteiger partial charge is 1.00 e. The minimum absolute atomic E-state index is 0. The summed E-state index contributed by atoms with van der Waals surface area (Å²) in [6, 6.07) is 10.6. The zero-order valence-electron chi connectivity index (χ0n) is 15.6. The first kappa shape index (κ1) is 26.6. The highest BCUT2D eigenvalue weighted by molar-refractivity contribution is 5.13. The molecule has 0 saturated heterocycles. The Bertz CT molecular complexity index is 326. The van der Waals surface area contributed by atoms with Gasteiger partial charge in [-0.2, -0.15) is 0 Å². The molecule has 0 N–H and O–H groups in total. The fourth-order valence-corrected chi connectivity index (χ4v) is 2.47. The second kappa shape index (κ2) is 13.2. The van der Waals surface area contributed by atoms with Crippen LogP contribution < -0.4 is 24.8 Å². The molecule has 0 radical (unpaired) electrons. The van der Waals surface area contributed by atoms with Crippen LogP contribution in [0.3, 0.4) is 0 Å². The molecule has 0 bridgehead atoms. The van der Waals surface area contributed by atoms with Crippen molar-refractivity contribution in [2.24, 2.45) is 0 Å². The monoisotopic (exact) mass is 350 g/mol. The Kier molecular flexibility index (Phi) is 15.9. The van der Waals surface area contributed by atoms with Crippen molar-refractivity contribution in [1.82, 2.24) is 0 Å². The number of benzene rings is 1. The molecule has 1 aromatic rings. The average Bonchev–Trinajstić information content (AvgIpc) is 2.42. The number of nitrogens with zero attached hydrogens (tertiary/aromatic N) is 2. The Hall–Kier alpha value is -0.280. The fourth-order valence-electron chi connectivity index (χ4n) is 2.47. The topological polar surface area (TPSA) is 0 Å². The fraction of sp³-hybridized carbons (Fsp3) is 0.667. The molecule has 0 saturated carbocycles. The van der Waals surface area contributed by atoms with Crippen molar-refractivity contribution in [3.8, 4) is 0 Å². The lowest BCUT2D eigenvalue weighted by Crippen LogP contribution is -3.00. The summed E-state index contributed by atoms with van der Waals surface area (Å²) in [6.07, 6.45) is 0. The molecular formula is C18H36Cl2N2. The Morgan fingerprint density at radius 2 is 1.05 bits per heavy atom. The average molecular weight is 351 g/mol. The van der Waals surface area contributed by atoms with E-state index in [0.717, 1.165) is 11.0 Å². The number of hydrogen-bond donors (Lipinski definition) is 0. The standard InChI is InChI=1S/C10H16N.C8H20N.2ClH/c1-11(2,3)9-10-7-5-4-6-8-10;1-5-9(6-2,7-3)8-4;;/h4-8H,9H2,1-3H3;5-8H2,1-4H3;2*1H/q2*+1;;/p-2. The van der Waals surface area contributed by atoms with Gasteiger partial charge in [0.15, 0.2) is 0 Å². The van der Waals surface area contributed by atoms with E-state index in [1.54, 1.807) is 0 Å². The summed E-state index contributed by atoms with van der Waals surface area (Å²) in [5.74, 6) is 0. The van der Waals surface area contributed by atoms with E-state index in [1.807, 2.05) is 0 Å². The van der Waals surface area contributed by atoms with Gasteiger partial charge in [0.2, 0.25) is 0 Å².